The van der Waals surface area contributed by atoms with Gasteiger partial charge in [-0.25, -0.2) is 0 Å². The monoisotopic (exact) mass is 467 g/mol. The summed E-state index contributed by atoms with van der Waals surface area (Å²) in [5.74, 6) is 1.47. The first-order valence-electron chi connectivity index (χ1n) is 9.14. The zero-order valence-corrected chi connectivity index (χ0v) is 18.7. The molecule has 148 valence electrons. The first-order chi connectivity index (χ1) is 13.8. The highest BCUT2D eigenvalue weighted by atomic mass is 79.9. The topological polar surface area (TPSA) is 22.3 Å². The summed E-state index contributed by atoms with van der Waals surface area (Å²) < 4.78 is 14.4. The summed E-state index contributed by atoms with van der Waals surface area (Å²) in [5, 5.41) is 1.21. The van der Waals surface area contributed by atoms with Crippen molar-refractivity contribution in [2.45, 2.75) is 6.54 Å². The molecule has 0 aliphatic rings. The molecule has 1 aromatic heterocycles. The van der Waals surface area contributed by atoms with Crippen LogP contribution in [0.3, 0.4) is 0 Å². The lowest BCUT2D eigenvalue weighted by Gasteiger charge is -2.07. The van der Waals surface area contributed by atoms with Crippen LogP contribution in [0.15, 0.2) is 72.8 Å². The van der Waals surface area contributed by atoms with E-state index >= 15 is 0 Å². The second kappa shape index (κ2) is 9.72. The van der Waals surface area contributed by atoms with Crippen molar-refractivity contribution in [2.24, 2.45) is 0 Å². The van der Waals surface area contributed by atoms with E-state index in [9.17, 15) is 0 Å². The number of rotatable bonds is 6. The van der Waals surface area contributed by atoms with Crippen molar-refractivity contribution in [3.63, 3.8) is 0 Å². The van der Waals surface area contributed by atoms with Gasteiger partial charge in [0.15, 0.2) is 18.0 Å². The number of thiazole rings is 1. The first-order valence-corrected chi connectivity index (χ1v) is 9.95. The smallest absolute Gasteiger partial charge is 0.263 e. The summed E-state index contributed by atoms with van der Waals surface area (Å²) in [6, 6.07) is 25.1. The zero-order valence-electron chi connectivity index (χ0n) is 16.3. The van der Waals surface area contributed by atoms with E-state index < -0.39 is 0 Å². The van der Waals surface area contributed by atoms with E-state index in [-0.39, 0.29) is 17.0 Å². The second-order valence-electron chi connectivity index (χ2n) is 6.43. The van der Waals surface area contributed by atoms with E-state index in [4.69, 9.17) is 9.47 Å². The predicted molar refractivity (Wildman–Crippen MR) is 116 cm³/mol. The Morgan fingerprint density at radius 1 is 0.828 bits per heavy atom. The number of fused-ring (bicyclic) bond motifs is 1. The standard InChI is InChI=1S/C24H22NO2S.BrH/c1-26-21-14-12-18(16-22(21)27-2)13-15-24-25(17-19-8-4-3-5-9-19)20-10-6-7-11-23(20)28-24;/h3-16H,17H2,1-2H3;1H/q+1;/p-1/b15-13+;. The second-order valence-corrected chi connectivity index (χ2v) is 7.49. The largest absolute Gasteiger partial charge is 1.00 e. The molecule has 0 unspecified atom stereocenters. The Morgan fingerprint density at radius 2 is 1.55 bits per heavy atom. The highest BCUT2D eigenvalue weighted by Crippen LogP contribution is 2.29. The van der Waals surface area contributed by atoms with E-state index in [1.807, 2.05) is 18.2 Å². The summed E-state index contributed by atoms with van der Waals surface area (Å²) in [7, 11) is 3.31. The Labute approximate surface area is 185 Å². The molecule has 0 spiro atoms. The summed E-state index contributed by atoms with van der Waals surface area (Å²) in [4.78, 5) is 0. The summed E-state index contributed by atoms with van der Waals surface area (Å²) in [6.45, 7) is 0.844. The van der Waals surface area contributed by atoms with E-state index in [1.54, 1.807) is 25.6 Å². The van der Waals surface area contributed by atoms with Gasteiger partial charge in [0.1, 0.15) is 4.70 Å². The molecule has 0 saturated heterocycles. The summed E-state index contributed by atoms with van der Waals surface area (Å²) in [6.07, 6.45) is 4.29. The van der Waals surface area contributed by atoms with Gasteiger partial charge in [-0.1, -0.05) is 59.9 Å². The van der Waals surface area contributed by atoms with Crippen molar-refractivity contribution < 1.29 is 31.0 Å². The Morgan fingerprint density at radius 3 is 2.31 bits per heavy atom. The van der Waals surface area contributed by atoms with Gasteiger partial charge >= 0.3 is 0 Å². The maximum atomic E-state index is 5.42. The lowest BCUT2D eigenvalue weighted by Crippen LogP contribution is -3.00. The minimum Gasteiger partial charge on any atom is -1.00 e. The molecule has 3 aromatic carbocycles. The molecule has 0 fully saturated rings. The van der Waals surface area contributed by atoms with Crippen molar-refractivity contribution in [1.29, 1.82) is 0 Å². The Balaban J connectivity index is 0.00000240. The molecule has 0 amide bonds. The van der Waals surface area contributed by atoms with Crippen LogP contribution in [0.5, 0.6) is 11.5 Å². The average Bonchev–Trinajstić information content (AvgIpc) is 3.10. The molecule has 0 atom stereocenters. The van der Waals surface area contributed by atoms with Crippen molar-refractivity contribution >= 4 is 33.7 Å². The molecule has 0 radical (unpaired) electrons. The number of halogens is 1. The molecule has 4 rings (SSSR count). The molecule has 0 saturated carbocycles. The fourth-order valence-electron chi connectivity index (χ4n) is 3.23. The van der Waals surface area contributed by atoms with Gasteiger partial charge in [-0.05, 0) is 29.8 Å². The number of hydrogen-bond donors (Lipinski definition) is 0. The van der Waals surface area contributed by atoms with Crippen LogP contribution in [0.4, 0.5) is 0 Å². The first kappa shape index (κ1) is 21.1. The van der Waals surface area contributed by atoms with Gasteiger partial charge in [0.05, 0.1) is 14.2 Å². The SMILES string of the molecule is COc1ccc(/C=C/c2sc3ccccc3[n+]2Cc2ccccc2)cc1OC.[Br-]. The minimum absolute atomic E-state index is 0. The third-order valence-electron chi connectivity index (χ3n) is 4.65. The molecular formula is C24H22BrNO2S. The molecule has 5 heteroatoms. The Bertz CT molecular complexity index is 1120. The maximum absolute atomic E-state index is 5.42. The molecule has 4 aromatic rings. The number of para-hydroxylation sites is 1. The van der Waals surface area contributed by atoms with E-state index in [0.29, 0.717) is 0 Å². The number of benzene rings is 3. The number of aromatic nitrogens is 1. The summed E-state index contributed by atoms with van der Waals surface area (Å²) >= 11 is 1.80. The minimum atomic E-state index is 0. The maximum Gasteiger partial charge on any atom is 0.263 e. The quantitative estimate of drug-likeness (QED) is 0.406. The van der Waals surface area contributed by atoms with Crippen molar-refractivity contribution in [3.05, 3.63) is 88.9 Å². The van der Waals surface area contributed by atoms with E-state index in [0.717, 1.165) is 23.6 Å². The fourth-order valence-corrected chi connectivity index (χ4v) is 4.29. The number of methoxy groups -OCH3 is 2. The van der Waals surface area contributed by atoms with Gasteiger partial charge in [0, 0.05) is 17.7 Å². The van der Waals surface area contributed by atoms with Crippen LogP contribution in [-0.4, -0.2) is 14.2 Å². The Hall–Kier alpha value is -2.63. The summed E-state index contributed by atoms with van der Waals surface area (Å²) in [5.41, 5.74) is 3.61. The van der Waals surface area contributed by atoms with Crippen molar-refractivity contribution in [2.75, 3.05) is 14.2 Å². The van der Waals surface area contributed by atoms with Crippen LogP contribution in [0.2, 0.25) is 0 Å². The van der Waals surface area contributed by atoms with Gasteiger partial charge in [-0.3, -0.25) is 0 Å². The highest BCUT2D eigenvalue weighted by Gasteiger charge is 2.18. The van der Waals surface area contributed by atoms with Gasteiger partial charge in [-0.15, -0.1) is 0 Å². The number of ether oxygens (including phenoxy) is 2. The average molecular weight is 468 g/mol. The van der Waals surface area contributed by atoms with Crippen LogP contribution in [0.25, 0.3) is 22.4 Å². The van der Waals surface area contributed by atoms with Gasteiger partial charge in [-0.2, -0.15) is 4.57 Å². The number of hydrogen-bond acceptors (Lipinski definition) is 3. The molecule has 0 N–H and O–H groups in total. The highest BCUT2D eigenvalue weighted by molar-refractivity contribution is 7.18. The van der Waals surface area contributed by atoms with Gasteiger partial charge < -0.3 is 26.5 Å². The van der Waals surface area contributed by atoms with Crippen LogP contribution in [-0.2, 0) is 6.54 Å². The normalized spacial score (nSPS) is 10.8. The zero-order chi connectivity index (χ0) is 19.3. The van der Waals surface area contributed by atoms with Crippen LogP contribution in [0, 0.1) is 0 Å². The molecule has 29 heavy (non-hydrogen) atoms. The number of nitrogens with zero attached hydrogens (tertiary/aromatic N) is 1. The molecule has 0 bridgehead atoms. The molecule has 3 nitrogen and oxygen atoms in total. The molecular weight excluding hydrogens is 446 g/mol. The van der Waals surface area contributed by atoms with Gasteiger partial charge in [0.2, 0.25) is 5.52 Å². The van der Waals surface area contributed by atoms with Crippen molar-refractivity contribution in [1.82, 2.24) is 0 Å². The molecule has 1 heterocycles. The van der Waals surface area contributed by atoms with Gasteiger partial charge in [0.25, 0.3) is 5.01 Å². The predicted octanol–water partition coefficient (Wildman–Crippen LogP) is 2.43. The van der Waals surface area contributed by atoms with Crippen LogP contribution >= 0.6 is 11.3 Å². The van der Waals surface area contributed by atoms with Crippen LogP contribution < -0.4 is 31.0 Å². The third kappa shape index (κ3) is 4.69. The van der Waals surface area contributed by atoms with Crippen LogP contribution in [0.1, 0.15) is 16.1 Å². The van der Waals surface area contributed by atoms with E-state index in [1.165, 1.54) is 20.8 Å². The third-order valence-corrected chi connectivity index (χ3v) is 5.78. The lowest BCUT2D eigenvalue weighted by atomic mass is 10.2. The Kier molecular flexibility index (Phi) is 7.07. The molecule has 0 aliphatic heterocycles. The van der Waals surface area contributed by atoms with Crippen molar-refractivity contribution in [3.8, 4) is 11.5 Å². The molecule has 0 aliphatic carbocycles. The fraction of sp³-hybridized carbons (Fsp3) is 0.125. The lowest BCUT2D eigenvalue weighted by molar-refractivity contribution is -0.659. The van der Waals surface area contributed by atoms with E-state index in [2.05, 4.69) is 71.3 Å².